The molecule has 0 N–H and O–H groups in total. The molecule has 3 heterocycles. The number of nitrogens with zero attached hydrogens (tertiary/aromatic N) is 4. The average Bonchev–Trinajstić information content (AvgIpc) is 3.42. The number of rotatable bonds is 5. The summed E-state index contributed by atoms with van der Waals surface area (Å²) in [5.41, 5.74) is 3.06. The van der Waals surface area contributed by atoms with Gasteiger partial charge in [0.05, 0.1) is 37.4 Å². The fourth-order valence-electron chi connectivity index (χ4n) is 4.94. The number of hydrogen-bond acceptors (Lipinski definition) is 8. The molecular formula is C26H28N4O5. The van der Waals surface area contributed by atoms with Crippen LogP contribution in [0.5, 0.6) is 11.5 Å². The van der Waals surface area contributed by atoms with Crippen molar-refractivity contribution in [2.75, 3.05) is 45.3 Å². The third-order valence-electron chi connectivity index (χ3n) is 6.77. The highest BCUT2D eigenvalue weighted by Gasteiger charge is 2.33. The summed E-state index contributed by atoms with van der Waals surface area (Å²) in [4.78, 5) is 39.0. The van der Waals surface area contributed by atoms with Crippen molar-refractivity contribution in [2.45, 2.75) is 25.7 Å². The molecule has 1 aliphatic heterocycles. The zero-order valence-corrected chi connectivity index (χ0v) is 20.1. The standard InChI is InChI=1S/C26H28N4O5/c1-16-24-20(13-17(14-21(24)31)19-7-6-18(33-2)15-23(19)34-3)28-26(27-16)30-10-8-29(9-11-30)25(32)22-5-4-12-35-22/h4-7,12,15,17H,8-11,13-14H2,1-3H3. The number of amides is 1. The van der Waals surface area contributed by atoms with Crippen LogP contribution in [0.25, 0.3) is 0 Å². The van der Waals surface area contributed by atoms with E-state index < -0.39 is 0 Å². The Kier molecular flexibility index (Phi) is 6.15. The molecule has 5 rings (SSSR count). The summed E-state index contributed by atoms with van der Waals surface area (Å²) in [6.45, 7) is 4.17. The Morgan fingerprint density at radius 2 is 1.86 bits per heavy atom. The molecule has 0 bridgehead atoms. The highest BCUT2D eigenvalue weighted by atomic mass is 16.5. The van der Waals surface area contributed by atoms with Crippen LogP contribution < -0.4 is 14.4 Å². The molecule has 3 aromatic rings. The Morgan fingerprint density at radius 3 is 2.54 bits per heavy atom. The number of carbonyl (C=O) groups excluding carboxylic acids is 2. The number of aryl methyl sites for hydroxylation is 1. The first-order chi connectivity index (χ1) is 17.0. The molecule has 2 aliphatic rings. The Balaban J connectivity index is 1.36. The van der Waals surface area contributed by atoms with E-state index in [1.807, 2.05) is 25.1 Å². The summed E-state index contributed by atoms with van der Waals surface area (Å²) in [5.74, 6) is 2.25. The number of piperazine rings is 1. The number of aromatic nitrogens is 2. The van der Waals surface area contributed by atoms with Gasteiger partial charge in [0, 0.05) is 44.6 Å². The van der Waals surface area contributed by atoms with Gasteiger partial charge in [0.2, 0.25) is 5.95 Å². The minimum absolute atomic E-state index is 0.0410. The predicted octanol–water partition coefficient (Wildman–Crippen LogP) is 3.27. The normalized spacial score (nSPS) is 17.8. The van der Waals surface area contributed by atoms with Gasteiger partial charge in [-0.25, -0.2) is 9.97 Å². The molecule has 1 saturated heterocycles. The van der Waals surface area contributed by atoms with Gasteiger partial charge in [-0.2, -0.15) is 0 Å². The monoisotopic (exact) mass is 476 g/mol. The van der Waals surface area contributed by atoms with Gasteiger partial charge in [0.25, 0.3) is 5.91 Å². The lowest BCUT2D eigenvalue weighted by Crippen LogP contribution is -2.49. The van der Waals surface area contributed by atoms with E-state index >= 15 is 0 Å². The number of carbonyl (C=O) groups is 2. The number of ether oxygens (including phenoxy) is 2. The summed E-state index contributed by atoms with van der Waals surface area (Å²) in [7, 11) is 3.24. The fraction of sp³-hybridized carbons (Fsp3) is 0.385. The van der Waals surface area contributed by atoms with Crippen molar-refractivity contribution in [3.05, 3.63) is 64.9 Å². The molecule has 35 heavy (non-hydrogen) atoms. The van der Waals surface area contributed by atoms with Gasteiger partial charge in [-0.1, -0.05) is 6.07 Å². The maximum Gasteiger partial charge on any atom is 0.289 e. The van der Waals surface area contributed by atoms with Crippen molar-refractivity contribution in [3.8, 4) is 11.5 Å². The van der Waals surface area contributed by atoms with Crippen molar-refractivity contribution in [3.63, 3.8) is 0 Å². The number of Topliss-reactive ketones (excluding diaryl/α,β-unsaturated/α-hetero) is 1. The molecule has 0 saturated carbocycles. The molecule has 1 aliphatic carbocycles. The first kappa shape index (κ1) is 22.9. The van der Waals surface area contributed by atoms with Crippen LogP contribution >= 0.6 is 0 Å². The molecule has 182 valence electrons. The number of hydrogen-bond donors (Lipinski definition) is 0. The van der Waals surface area contributed by atoms with Gasteiger partial charge < -0.3 is 23.7 Å². The second-order valence-electron chi connectivity index (χ2n) is 8.82. The zero-order chi connectivity index (χ0) is 24.5. The lowest BCUT2D eigenvalue weighted by Gasteiger charge is -2.35. The second kappa shape index (κ2) is 9.40. The van der Waals surface area contributed by atoms with Crippen LogP contribution in [0.2, 0.25) is 0 Å². The first-order valence-corrected chi connectivity index (χ1v) is 11.7. The van der Waals surface area contributed by atoms with E-state index in [9.17, 15) is 9.59 Å². The molecule has 0 radical (unpaired) electrons. The van der Waals surface area contributed by atoms with E-state index in [1.165, 1.54) is 6.26 Å². The minimum atomic E-state index is -0.112. The maximum absolute atomic E-state index is 13.1. The summed E-state index contributed by atoms with van der Waals surface area (Å²) < 4.78 is 16.2. The molecular weight excluding hydrogens is 448 g/mol. The van der Waals surface area contributed by atoms with Crippen molar-refractivity contribution in [1.29, 1.82) is 0 Å². The van der Waals surface area contributed by atoms with E-state index in [2.05, 4.69) is 9.88 Å². The molecule has 1 amide bonds. The van der Waals surface area contributed by atoms with Crippen molar-refractivity contribution in [2.24, 2.45) is 0 Å². The molecule has 2 aromatic heterocycles. The number of anilines is 1. The van der Waals surface area contributed by atoms with Crippen LogP contribution in [0, 0.1) is 6.92 Å². The number of furan rings is 1. The van der Waals surface area contributed by atoms with E-state index in [1.54, 1.807) is 31.3 Å². The Bertz CT molecular complexity index is 1250. The van der Waals surface area contributed by atoms with E-state index in [-0.39, 0.29) is 17.6 Å². The van der Waals surface area contributed by atoms with Gasteiger partial charge in [-0.15, -0.1) is 0 Å². The molecule has 9 heteroatoms. The number of ketones is 1. The summed E-state index contributed by atoms with van der Waals surface area (Å²) in [6, 6.07) is 9.08. The SMILES string of the molecule is COc1ccc(C2CC(=O)c3c(C)nc(N4CCN(C(=O)c5ccco5)CC4)nc3C2)c(OC)c1. The maximum atomic E-state index is 13.1. The molecule has 1 atom stereocenters. The quantitative estimate of drug-likeness (QED) is 0.554. The summed E-state index contributed by atoms with van der Waals surface area (Å²) in [5, 5.41) is 0. The van der Waals surface area contributed by atoms with E-state index in [0.717, 1.165) is 11.3 Å². The smallest absolute Gasteiger partial charge is 0.289 e. The van der Waals surface area contributed by atoms with Crippen molar-refractivity contribution < 1.29 is 23.5 Å². The third kappa shape index (κ3) is 4.34. The summed E-state index contributed by atoms with van der Waals surface area (Å²) in [6.07, 6.45) is 2.51. The van der Waals surface area contributed by atoms with E-state index in [4.69, 9.17) is 18.9 Å². The highest BCUT2D eigenvalue weighted by molar-refractivity contribution is 6.00. The molecule has 1 aromatic carbocycles. The van der Waals surface area contributed by atoms with Gasteiger partial charge in [0.1, 0.15) is 11.5 Å². The fourth-order valence-corrected chi connectivity index (χ4v) is 4.94. The van der Waals surface area contributed by atoms with Crippen molar-refractivity contribution >= 4 is 17.6 Å². The summed E-state index contributed by atoms with van der Waals surface area (Å²) >= 11 is 0. The van der Waals surface area contributed by atoms with Crippen molar-refractivity contribution in [1.82, 2.24) is 14.9 Å². The Morgan fingerprint density at radius 1 is 1.06 bits per heavy atom. The molecule has 1 unspecified atom stereocenters. The Hall–Kier alpha value is -3.88. The van der Waals surface area contributed by atoms with Crippen LogP contribution in [0.3, 0.4) is 0 Å². The van der Waals surface area contributed by atoms with E-state index in [0.29, 0.717) is 73.5 Å². The van der Waals surface area contributed by atoms with Crippen LogP contribution in [-0.2, 0) is 6.42 Å². The lowest BCUT2D eigenvalue weighted by atomic mass is 9.81. The van der Waals surface area contributed by atoms with Crippen LogP contribution in [0.15, 0.2) is 41.0 Å². The van der Waals surface area contributed by atoms with Gasteiger partial charge in [-0.3, -0.25) is 9.59 Å². The second-order valence-corrected chi connectivity index (χ2v) is 8.82. The number of fused-ring (bicyclic) bond motifs is 1. The highest BCUT2D eigenvalue weighted by Crippen LogP contribution is 2.39. The minimum Gasteiger partial charge on any atom is -0.497 e. The molecule has 0 spiro atoms. The predicted molar refractivity (Wildman–Crippen MR) is 129 cm³/mol. The van der Waals surface area contributed by atoms with Crippen LogP contribution in [0.4, 0.5) is 5.95 Å². The van der Waals surface area contributed by atoms with Crippen LogP contribution in [-0.4, -0.2) is 67.0 Å². The third-order valence-corrected chi connectivity index (χ3v) is 6.77. The molecule has 9 nitrogen and oxygen atoms in total. The average molecular weight is 477 g/mol. The van der Waals surface area contributed by atoms with Crippen LogP contribution in [0.1, 0.15) is 50.2 Å². The Labute approximate surface area is 203 Å². The number of benzene rings is 1. The van der Waals surface area contributed by atoms with Gasteiger partial charge in [0.15, 0.2) is 11.5 Å². The zero-order valence-electron chi connectivity index (χ0n) is 20.1. The molecule has 1 fully saturated rings. The van der Waals surface area contributed by atoms with Gasteiger partial charge in [-0.05, 0) is 37.1 Å². The number of methoxy groups -OCH3 is 2. The topological polar surface area (TPSA) is 98.0 Å². The largest absolute Gasteiger partial charge is 0.497 e. The van der Waals surface area contributed by atoms with Gasteiger partial charge >= 0.3 is 0 Å². The first-order valence-electron chi connectivity index (χ1n) is 11.7. The lowest BCUT2D eigenvalue weighted by molar-refractivity contribution is 0.0713.